The molecule has 2 aromatic rings. The van der Waals surface area contributed by atoms with Gasteiger partial charge in [0.1, 0.15) is 5.52 Å². The zero-order valence-electron chi connectivity index (χ0n) is 11.2. The van der Waals surface area contributed by atoms with Crippen LogP contribution in [0.4, 0.5) is 6.01 Å². The van der Waals surface area contributed by atoms with Crippen LogP contribution in [-0.4, -0.2) is 20.3 Å². The van der Waals surface area contributed by atoms with Gasteiger partial charge >= 0.3 is 66.7 Å². The number of aromatic nitrogens is 1. The van der Waals surface area contributed by atoms with Crippen LogP contribution >= 0.6 is 15.2 Å². The average Bonchev–Trinajstić information content (AvgIpc) is 2.65. The van der Waals surface area contributed by atoms with Crippen LogP contribution in [0.5, 0.6) is 0 Å². The summed E-state index contributed by atoms with van der Waals surface area (Å²) in [5.41, 5.74) is -1.99. The smallest absolute Gasteiger partial charge is 0.809 e. The maximum Gasteiger partial charge on any atom is 1.00 e. The van der Waals surface area contributed by atoms with Crippen molar-refractivity contribution in [2.75, 3.05) is 5.32 Å². The van der Waals surface area contributed by atoms with E-state index in [0.717, 1.165) is 0 Å². The molecule has 1 unspecified atom stereocenters. The summed E-state index contributed by atoms with van der Waals surface area (Å²) >= 11 is 0. The van der Waals surface area contributed by atoms with E-state index in [1.807, 2.05) is 5.32 Å². The molecule has 1 heterocycles. The van der Waals surface area contributed by atoms with Gasteiger partial charge in [-0.1, -0.05) is 12.1 Å². The summed E-state index contributed by atoms with van der Waals surface area (Å²) in [4.78, 5) is 43.2. The van der Waals surface area contributed by atoms with Gasteiger partial charge in [-0.3, -0.25) is 4.57 Å². The van der Waals surface area contributed by atoms with Gasteiger partial charge < -0.3 is 33.9 Å². The quantitative estimate of drug-likeness (QED) is 0.359. The first kappa shape index (κ1) is 21.8. The van der Waals surface area contributed by atoms with E-state index >= 15 is 0 Å². The van der Waals surface area contributed by atoms with Gasteiger partial charge in [0.25, 0.3) is 6.01 Å². The molecule has 13 heteroatoms. The summed E-state index contributed by atoms with van der Waals surface area (Å²) < 4.78 is 26.9. The molecule has 0 amide bonds. The predicted octanol–water partition coefficient (Wildman–Crippen LogP) is -6.38. The Kier molecular flexibility index (Phi) is 8.36. The van der Waals surface area contributed by atoms with Crippen LogP contribution in [0.1, 0.15) is 0 Å². The molecule has 0 saturated carbocycles. The van der Waals surface area contributed by atoms with Crippen molar-refractivity contribution < 1.29 is 92.2 Å². The molecular weight excluding hydrogens is 344 g/mol. The summed E-state index contributed by atoms with van der Waals surface area (Å²) in [6.07, 6.45) is 0. The van der Waals surface area contributed by atoms with Crippen molar-refractivity contribution in [3.05, 3.63) is 24.3 Å². The van der Waals surface area contributed by atoms with Crippen LogP contribution in [0, 0.1) is 0 Å². The first-order chi connectivity index (χ1) is 8.68. The molecule has 1 atom stereocenters. The van der Waals surface area contributed by atoms with Crippen molar-refractivity contribution in [3.8, 4) is 0 Å². The molecular formula is C8H8N2Na2O7P2. The van der Waals surface area contributed by atoms with Crippen LogP contribution in [0.2, 0.25) is 0 Å². The first-order valence-electron chi connectivity index (χ1n) is 4.87. The molecule has 3 N–H and O–H groups in total. The van der Waals surface area contributed by atoms with Crippen LogP contribution in [-0.2, 0) is 9.13 Å². The van der Waals surface area contributed by atoms with Crippen molar-refractivity contribution in [1.29, 1.82) is 0 Å². The zero-order chi connectivity index (χ0) is 14.3. The topological polar surface area (TPSA) is 159 Å². The monoisotopic (exact) mass is 352 g/mol. The average molecular weight is 352 g/mol. The van der Waals surface area contributed by atoms with Gasteiger partial charge in [0.2, 0.25) is 0 Å². The molecule has 0 fully saturated rings. The van der Waals surface area contributed by atoms with Gasteiger partial charge in [-0.2, -0.15) is 4.98 Å². The SMILES string of the molecule is O=P([O-])([O-])C(Nc1nc2ccccc2o1)P(=O)(O)O.[Na+].[Na+]. The molecule has 2 rings (SSSR count). The fourth-order valence-corrected chi connectivity index (χ4v) is 3.41. The van der Waals surface area contributed by atoms with Crippen LogP contribution in [0.25, 0.3) is 11.1 Å². The van der Waals surface area contributed by atoms with E-state index in [1.165, 1.54) is 6.07 Å². The minimum Gasteiger partial charge on any atom is -0.809 e. The van der Waals surface area contributed by atoms with Crippen molar-refractivity contribution in [2.24, 2.45) is 0 Å². The number of rotatable bonds is 4. The number of para-hydroxylation sites is 2. The van der Waals surface area contributed by atoms with E-state index in [4.69, 9.17) is 14.2 Å². The maximum absolute atomic E-state index is 11.0. The molecule has 9 nitrogen and oxygen atoms in total. The van der Waals surface area contributed by atoms with Crippen molar-refractivity contribution >= 4 is 32.3 Å². The first-order valence-corrected chi connectivity index (χ1v) is 8.16. The van der Waals surface area contributed by atoms with E-state index in [2.05, 4.69) is 4.98 Å². The second-order valence-corrected chi connectivity index (χ2v) is 7.33. The van der Waals surface area contributed by atoms with E-state index in [0.29, 0.717) is 5.52 Å². The molecule has 1 aromatic heterocycles. The Balaban J connectivity index is 0.00000200. The Morgan fingerprint density at radius 3 is 2.24 bits per heavy atom. The van der Waals surface area contributed by atoms with Crippen LogP contribution in [0.3, 0.4) is 0 Å². The Labute approximate surface area is 163 Å². The molecule has 0 spiro atoms. The van der Waals surface area contributed by atoms with Gasteiger partial charge in [0.05, 0.1) is 0 Å². The van der Waals surface area contributed by atoms with Gasteiger partial charge in [0, 0.05) is 0 Å². The van der Waals surface area contributed by atoms with Gasteiger partial charge in [-0.25, -0.2) is 0 Å². The summed E-state index contributed by atoms with van der Waals surface area (Å²) in [5, 5.41) is 1.82. The number of oxazole rings is 1. The molecule has 21 heavy (non-hydrogen) atoms. The third kappa shape index (κ3) is 5.73. The molecule has 0 bridgehead atoms. The largest absolute Gasteiger partial charge is 1.00 e. The zero-order valence-corrected chi connectivity index (χ0v) is 17.0. The van der Waals surface area contributed by atoms with E-state index in [9.17, 15) is 18.9 Å². The molecule has 0 aliphatic heterocycles. The number of anilines is 1. The van der Waals surface area contributed by atoms with E-state index < -0.39 is 26.7 Å². The Morgan fingerprint density at radius 1 is 1.19 bits per heavy atom. The Bertz CT molecular complexity index is 642. The summed E-state index contributed by atoms with van der Waals surface area (Å²) in [6, 6.07) is 5.88. The number of nitrogens with zero attached hydrogens (tertiary/aromatic N) is 1. The number of hydrogen-bond acceptors (Lipinski definition) is 7. The number of fused-ring (bicyclic) bond motifs is 1. The molecule has 1 aromatic carbocycles. The standard InChI is InChI=1S/C8H10N2O7P2.2Na/c11-18(12,13)8(19(14,15)16)10-7-9-5-3-1-2-4-6(5)17-7;;/h1-4,8H,(H,9,10)(H2,11,12,13)(H2,14,15,16);;/q;2*+1/p-2. The van der Waals surface area contributed by atoms with Gasteiger partial charge in [-0.05, 0) is 19.7 Å². The summed E-state index contributed by atoms with van der Waals surface area (Å²) in [5.74, 6) is 0. The Morgan fingerprint density at radius 2 is 1.76 bits per heavy atom. The fourth-order valence-electron chi connectivity index (χ4n) is 1.39. The van der Waals surface area contributed by atoms with Gasteiger partial charge in [-0.15, -0.1) is 0 Å². The van der Waals surface area contributed by atoms with Crippen molar-refractivity contribution in [2.45, 2.75) is 5.52 Å². The molecule has 0 aliphatic carbocycles. The maximum atomic E-state index is 11.0. The van der Waals surface area contributed by atoms with E-state index in [-0.39, 0.29) is 64.7 Å². The molecule has 104 valence electrons. The molecule has 0 radical (unpaired) electrons. The van der Waals surface area contributed by atoms with Gasteiger partial charge in [0.15, 0.2) is 11.1 Å². The van der Waals surface area contributed by atoms with E-state index in [1.54, 1.807) is 18.2 Å². The predicted molar refractivity (Wildman–Crippen MR) is 61.1 cm³/mol. The number of hydrogen-bond donors (Lipinski definition) is 3. The number of nitrogens with one attached hydrogen (secondary N) is 1. The van der Waals surface area contributed by atoms with Crippen molar-refractivity contribution in [1.82, 2.24) is 4.98 Å². The normalized spacial score (nSPS) is 13.1. The minimum atomic E-state index is -5.58. The molecule has 0 saturated heterocycles. The van der Waals surface area contributed by atoms with Crippen LogP contribution < -0.4 is 74.2 Å². The third-order valence-electron chi connectivity index (χ3n) is 2.16. The number of benzene rings is 1. The van der Waals surface area contributed by atoms with Crippen molar-refractivity contribution in [3.63, 3.8) is 0 Å². The fraction of sp³-hybridized carbons (Fsp3) is 0.125. The van der Waals surface area contributed by atoms with Crippen LogP contribution in [0.15, 0.2) is 28.7 Å². The third-order valence-corrected chi connectivity index (χ3v) is 5.41. The summed E-state index contributed by atoms with van der Waals surface area (Å²) in [7, 11) is -10.8. The second kappa shape index (κ2) is 8.06. The minimum absolute atomic E-state index is 0. The summed E-state index contributed by atoms with van der Waals surface area (Å²) in [6.45, 7) is 0. The Hall–Kier alpha value is 0.790. The second-order valence-electron chi connectivity index (χ2n) is 3.63. The molecule has 0 aliphatic rings.